The van der Waals surface area contributed by atoms with Gasteiger partial charge in [0.15, 0.2) is 0 Å². The molecular weight excluding hydrogens is 234 g/mol. The van der Waals surface area contributed by atoms with E-state index >= 15 is 0 Å². The maximum absolute atomic E-state index is 11.8. The highest BCUT2D eigenvalue weighted by Crippen LogP contribution is 2.15. The first-order valence-electron chi connectivity index (χ1n) is 5.37. The average molecular weight is 245 g/mol. The number of hydrogen-bond donors (Lipinski definition) is 0. The van der Waals surface area contributed by atoms with Gasteiger partial charge in [-0.2, -0.15) is 0 Å². The van der Waals surface area contributed by atoms with Gasteiger partial charge in [-0.1, -0.05) is 18.2 Å². The van der Waals surface area contributed by atoms with Crippen molar-refractivity contribution in [3.63, 3.8) is 0 Å². The summed E-state index contributed by atoms with van der Waals surface area (Å²) >= 11 is 0. The van der Waals surface area contributed by atoms with Crippen molar-refractivity contribution < 1.29 is 19.1 Å². The average Bonchev–Trinajstić information content (AvgIpc) is 2.71. The number of rotatable bonds is 2. The number of esters is 1. The molecular formula is C13H11NO4. The minimum atomic E-state index is -0.956. The molecule has 0 unspecified atom stereocenters. The van der Waals surface area contributed by atoms with Gasteiger partial charge in [0.25, 0.3) is 5.91 Å². The van der Waals surface area contributed by atoms with E-state index in [1.165, 1.54) is 19.1 Å². The quantitative estimate of drug-likeness (QED) is 0.732. The summed E-state index contributed by atoms with van der Waals surface area (Å²) in [7, 11) is 0. The molecule has 0 fully saturated rings. The standard InChI is InChI=1S/C13H11NO4/c1-9(15)14-11(16)7-8-12(14)18-13(17)10-5-3-2-4-6-10/h2-8,12H,1H3/t12-/m1/s1. The largest absolute Gasteiger partial charge is 0.434 e. The third-order valence-electron chi connectivity index (χ3n) is 2.47. The van der Waals surface area contributed by atoms with Crippen LogP contribution in [0.3, 0.4) is 0 Å². The minimum absolute atomic E-state index is 0.369. The fourth-order valence-corrected chi connectivity index (χ4v) is 1.63. The van der Waals surface area contributed by atoms with E-state index in [0.29, 0.717) is 5.56 Å². The lowest BCUT2D eigenvalue weighted by atomic mass is 10.2. The molecule has 1 aromatic rings. The SMILES string of the molecule is CC(=O)N1C(=O)C=C[C@H]1OC(=O)c1ccccc1. The highest BCUT2D eigenvalue weighted by atomic mass is 16.6. The van der Waals surface area contributed by atoms with Crippen LogP contribution in [-0.2, 0) is 14.3 Å². The molecule has 0 radical (unpaired) electrons. The van der Waals surface area contributed by atoms with Gasteiger partial charge in [0, 0.05) is 13.0 Å². The van der Waals surface area contributed by atoms with Crippen molar-refractivity contribution in [2.75, 3.05) is 0 Å². The van der Waals surface area contributed by atoms with Crippen molar-refractivity contribution in [3.05, 3.63) is 48.0 Å². The first-order chi connectivity index (χ1) is 8.59. The Hall–Kier alpha value is -2.43. The maximum Gasteiger partial charge on any atom is 0.340 e. The fraction of sp³-hybridized carbons (Fsp3) is 0.154. The molecule has 0 saturated carbocycles. The molecule has 92 valence electrons. The van der Waals surface area contributed by atoms with Crippen molar-refractivity contribution in [2.45, 2.75) is 13.2 Å². The second-order valence-corrected chi connectivity index (χ2v) is 3.75. The van der Waals surface area contributed by atoms with Crippen LogP contribution in [0.25, 0.3) is 0 Å². The summed E-state index contributed by atoms with van der Waals surface area (Å²) in [5.41, 5.74) is 0.369. The van der Waals surface area contributed by atoms with Gasteiger partial charge in [-0.05, 0) is 18.2 Å². The summed E-state index contributed by atoms with van der Waals surface area (Å²) in [6.45, 7) is 1.24. The molecule has 0 aliphatic carbocycles. The number of carbonyl (C=O) groups excluding carboxylic acids is 3. The summed E-state index contributed by atoms with van der Waals surface area (Å²) < 4.78 is 5.10. The van der Waals surface area contributed by atoms with Crippen molar-refractivity contribution in [1.82, 2.24) is 4.90 Å². The van der Waals surface area contributed by atoms with Crippen LogP contribution < -0.4 is 0 Å². The Balaban J connectivity index is 2.10. The minimum Gasteiger partial charge on any atom is -0.434 e. The second-order valence-electron chi connectivity index (χ2n) is 3.75. The van der Waals surface area contributed by atoms with Crippen LogP contribution in [0.5, 0.6) is 0 Å². The molecule has 2 rings (SSSR count). The maximum atomic E-state index is 11.8. The van der Waals surface area contributed by atoms with E-state index in [2.05, 4.69) is 0 Å². The van der Waals surface area contributed by atoms with Gasteiger partial charge in [0.1, 0.15) is 0 Å². The topological polar surface area (TPSA) is 63.7 Å². The van der Waals surface area contributed by atoms with Gasteiger partial charge < -0.3 is 4.74 Å². The van der Waals surface area contributed by atoms with Crippen molar-refractivity contribution in [1.29, 1.82) is 0 Å². The Morgan fingerprint density at radius 2 is 1.89 bits per heavy atom. The summed E-state index contributed by atoms with van der Waals surface area (Å²) in [4.78, 5) is 35.3. The zero-order valence-electron chi connectivity index (χ0n) is 9.70. The Kier molecular flexibility index (Phi) is 3.23. The molecule has 0 saturated heterocycles. The zero-order chi connectivity index (χ0) is 13.1. The second kappa shape index (κ2) is 4.83. The number of hydrogen-bond acceptors (Lipinski definition) is 4. The van der Waals surface area contributed by atoms with Gasteiger partial charge >= 0.3 is 5.97 Å². The van der Waals surface area contributed by atoms with Crippen LogP contribution in [0.2, 0.25) is 0 Å². The third kappa shape index (κ3) is 2.29. The Bertz CT molecular complexity index is 521. The smallest absolute Gasteiger partial charge is 0.340 e. The number of benzene rings is 1. The Morgan fingerprint density at radius 1 is 1.22 bits per heavy atom. The summed E-state index contributed by atoms with van der Waals surface area (Å²) in [6.07, 6.45) is 1.64. The molecule has 2 amide bonds. The normalized spacial score (nSPS) is 17.9. The molecule has 1 atom stereocenters. The third-order valence-corrected chi connectivity index (χ3v) is 2.47. The molecule has 5 heteroatoms. The molecule has 0 bridgehead atoms. The van der Waals surface area contributed by atoms with Gasteiger partial charge in [-0.25, -0.2) is 9.69 Å². The van der Waals surface area contributed by atoms with Crippen LogP contribution >= 0.6 is 0 Å². The molecule has 1 heterocycles. The predicted molar refractivity (Wildman–Crippen MR) is 62.3 cm³/mol. The zero-order valence-corrected chi connectivity index (χ0v) is 9.70. The summed E-state index contributed by atoms with van der Waals surface area (Å²) in [6, 6.07) is 8.38. The Labute approximate surface area is 104 Å². The van der Waals surface area contributed by atoms with E-state index < -0.39 is 24.0 Å². The van der Waals surface area contributed by atoms with Crippen LogP contribution in [-0.4, -0.2) is 28.9 Å². The molecule has 0 spiro atoms. The molecule has 0 aromatic heterocycles. The number of ether oxygens (including phenoxy) is 1. The lowest BCUT2D eigenvalue weighted by molar-refractivity contribution is -0.146. The number of carbonyl (C=O) groups is 3. The van der Waals surface area contributed by atoms with Gasteiger partial charge in [0.2, 0.25) is 12.1 Å². The summed E-state index contributed by atoms with van der Waals surface area (Å²) in [5.74, 6) is -1.52. The molecule has 1 aromatic carbocycles. The molecule has 1 aliphatic heterocycles. The van der Waals surface area contributed by atoms with E-state index in [-0.39, 0.29) is 0 Å². The van der Waals surface area contributed by atoms with Gasteiger partial charge in [-0.3, -0.25) is 9.59 Å². The predicted octanol–water partition coefficient (Wildman–Crippen LogP) is 1.11. The van der Waals surface area contributed by atoms with Gasteiger partial charge in [0.05, 0.1) is 5.56 Å². The van der Waals surface area contributed by atoms with Crippen LogP contribution in [0.4, 0.5) is 0 Å². The van der Waals surface area contributed by atoms with Gasteiger partial charge in [-0.15, -0.1) is 0 Å². The molecule has 0 N–H and O–H groups in total. The highest BCUT2D eigenvalue weighted by molar-refractivity contribution is 6.03. The van der Waals surface area contributed by atoms with Crippen molar-refractivity contribution >= 4 is 17.8 Å². The first kappa shape index (κ1) is 12.0. The Morgan fingerprint density at radius 3 is 2.50 bits per heavy atom. The lowest BCUT2D eigenvalue weighted by Crippen LogP contribution is -2.40. The van der Waals surface area contributed by atoms with Crippen LogP contribution in [0.15, 0.2) is 42.5 Å². The van der Waals surface area contributed by atoms with Crippen LogP contribution in [0.1, 0.15) is 17.3 Å². The molecule has 5 nitrogen and oxygen atoms in total. The van der Waals surface area contributed by atoms with E-state index in [0.717, 1.165) is 4.90 Å². The van der Waals surface area contributed by atoms with E-state index in [9.17, 15) is 14.4 Å². The van der Waals surface area contributed by atoms with E-state index in [1.54, 1.807) is 30.3 Å². The number of imide groups is 1. The number of nitrogens with zero attached hydrogens (tertiary/aromatic N) is 1. The van der Waals surface area contributed by atoms with E-state index in [1.807, 2.05) is 0 Å². The van der Waals surface area contributed by atoms with Crippen molar-refractivity contribution in [2.24, 2.45) is 0 Å². The van der Waals surface area contributed by atoms with Crippen LogP contribution in [0, 0.1) is 0 Å². The van der Waals surface area contributed by atoms with Crippen molar-refractivity contribution in [3.8, 4) is 0 Å². The first-order valence-corrected chi connectivity index (χ1v) is 5.37. The molecule has 1 aliphatic rings. The lowest BCUT2D eigenvalue weighted by Gasteiger charge is -2.20. The summed E-state index contributed by atoms with van der Waals surface area (Å²) in [5, 5.41) is 0. The fourth-order valence-electron chi connectivity index (χ4n) is 1.63. The molecule has 18 heavy (non-hydrogen) atoms. The monoisotopic (exact) mass is 245 g/mol. The highest BCUT2D eigenvalue weighted by Gasteiger charge is 2.32. The van der Waals surface area contributed by atoms with E-state index in [4.69, 9.17) is 4.74 Å². The number of amides is 2.